The van der Waals surface area contributed by atoms with Crippen molar-refractivity contribution in [2.24, 2.45) is 5.73 Å². The third kappa shape index (κ3) is 6.07. The summed E-state index contributed by atoms with van der Waals surface area (Å²) >= 11 is 0. The van der Waals surface area contributed by atoms with Gasteiger partial charge in [0.1, 0.15) is 17.5 Å². The first kappa shape index (κ1) is 21.9. The summed E-state index contributed by atoms with van der Waals surface area (Å²) in [5, 5.41) is 3.23. The number of ether oxygens (including phenoxy) is 2. The topological polar surface area (TPSA) is 97.1 Å². The van der Waals surface area contributed by atoms with Crippen LogP contribution in [0.1, 0.15) is 20.8 Å². The fraction of sp³-hybridized carbons (Fsp3) is 0.579. The highest BCUT2D eigenvalue weighted by molar-refractivity contribution is 5.90. The number of carbonyl (C=O) groups is 2. The van der Waals surface area contributed by atoms with Gasteiger partial charge in [0.2, 0.25) is 0 Å². The molecule has 0 aromatic heterocycles. The molecule has 2 saturated heterocycles. The zero-order valence-electron chi connectivity index (χ0n) is 16.6. The Bertz CT molecular complexity index is 674. The fourth-order valence-electron chi connectivity index (χ4n) is 2.83. The summed E-state index contributed by atoms with van der Waals surface area (Å²) in [7, 11) is 0. The Kier molecular flexibility index (Phi) is 7.59. The Hall–Kier alpha value is -2.39. The van der Waals surface area contributed by atoms with Crippen molar-refractivity contribution in [1.29, 1.82) is 0 Å². The zero-order chi connectivity index (χ0) is 20.7. The number of nitrogens with zero attached hydrogens (tertiary/aromatic N) is 2. The van der Waals surface area contributed by atoms with Gasteiger partial charge in [0, 0.05) is 32.7 Å². The Balaban J connectivity index is 0.000000345. The summed E-state index contributed by atoms with van der Waals surface area (Å²) in [6.07, 6.45) is -0.798. The first-order chi connectivity index (χ1) is 13.2. The maximum atomic E-state index is 14.3. The predicted octanol–water partition coefficient (Wildman–Crippen LogP) is 1.48. The number of carbonyl (C=O) groups excluding carboxylic acids is 2. The van der Waals surface area contributed by atoms with E-state index in [0.717, 1.165) is 26.2 Å². The van der Waals surface area contributed by atoms with Gasteiger partial charge < -0.3 is 25.4 Å². The molecule has 2 heterocycles. The molecule has 0 spiro atoms. The molecule has 28 heavy (non-hydrogen) atoms. The van der Waals surface area contributed by atoms with Gasteiger partial charge in [-0.3, -0.25) is 9.69 Å². The number of amides is 1. The SMILES string of the molecule is CC(C)(C)OC=O.NC[C@H]1CN(c2ccc(N3CCNCC3)c(F)c2)C(=O)O1. The molecular weight excluding hydrogens is 367 g/mol. The minimum Gasteiger partial charge on any atom is -0.462 e. The van der Waals surface area contributed by atoms with Crippen LogP contribution in [0.15, 0.2) is 18.2 Å². The van der Waals surface area contributed by atoms with E-state index in [9.17, 15) is 14.0 Å². The molecule has 0 radical (unpaired) electrons. The number of hydrogen-bond donors (Lipinski definition) is 2. The van der Waals surface area contributed by atoms with Gasteiger partial charge in [-0.2, -0.15) is 0 Å². The van der Waals surface area contributed by atoms with Crippen molar-refractivity contribution in [3.63, 3.8) is 0 Å². The van der Waals surface area contributed by atoms with Crippen LogP contribution in [0, 0.1) is 5.82 Å². The highest BCUT2D eigenvalue weighted by atomic mass is 19.1. The van der Waals surface area contributed by atoms with E-state index in [1.165, 1.54) is 11.0 Å². The number of hydrogen-bond acceptors (Lipinski definition) is 7. The Morgan fingerprint density at radius 1 is 1.36 bits per heavy atom. The summed E-state index contributed by atoms with van der Waals surface area (Å²) < 4.78 is 24.0. The lowest BCUT2D eigenvalue weighted by atomic mass is 10.2. The molecule has 3 rings (SSSR count). The Morgan fingerprint density at radius 3 is 2.50 bits per heavy atom. The molecular formula is C19H29FN4O4. The lowest BCUT2D eigenvalue weighted by molar-refractivity contribution is -0.138. The lowest BCUT2D eigenvalue weighted by Gasteiger charge is -2.30. The zero-order valence-corrected chi connectivity index (χ0v) is 16.6. The van der Waals surface area contributed by atoms with Gasteiger partial charge in [-0.1, -0.05) is 0 Å². The van der Waals surface area contributed by atoms with Crippen molar-refractivity contribution in [3.05, 3.63) is 24.0 Å². The van der Waals surface area contributed by atoms with E-state index in [0.29, 0.717) is 24.4 Å². The second-order valence-electron chi connectivity index (χ2n) is 7.55. The molecule has 2 aliphatic rings. The molecule has 2 fully saturated rings. The van der Waals surface area contributed by atoms with Crippen molar-refractivity contribution < 1.29 is 23.5 Å². The summed E-state index contributed by atoms with van der Waals surface area (Å²) in [6, 6.07) is 4.86. The number of halogens is 1. The largest absolute Gasteiger partial charge is 0.462 e. The number of piperazine rings is 1. The molecule has 8 nitrogen and oxygen atoms in total. The van der Waals surface area contributed by atoms with Gasteiger partial charge in [-0.15, -0.1) is 0 Å². The number of cyclic esters (lactones) is 1. The van der Waals surface area contributed by atoms with Crippen LogP contribution in [0.25, 0.3) is 0 Å². The average Bonchev–Trinajstić information content (AvgIpc) is 3.03. The standard InChI is InChI=1S/C14H19FN4O2.C5H10O2/c15-12-7-10(19-9-11(8-16)21-14(19)20)1-2-13(12)18-5-3-17-4-6-18;1-5(2,3)7-4-6/h1-2,7,11,17H,3-6,8-9,16H2;4H,1-3H3/t11-;/m0./s1. The molecule has 2 aliphatic heterocycles. The van der Waals surface area contributed by atoms with Crippen LogP contribution in [0.5, 0.6) is 0 Å². The van der Waals surface area contributed by atoms with Crippen molar-refractivity contribution in [3.8, 4) is 0 Å². The molecule has 1 aromatic carbocycles. The highest BCUT2D eigenvalue weighted by Crippen LogP contribution is 2.28. The molecule has 9 heteroatoms. The second kappa shape index (κ2) is 9.70. The van der Waals surface area contributed by atoms with E-state index < -0.39 is 6.09 Å². The first-order valence-electron chi connectivity index (χ1n) is 9.30. The molecule has 1 atom stereocenters. The molecule has 3 N–H and O–H groups in total. The first-order valence-corrected chi connectivity index (χ1v) is 9.30. The van der Waals surface area contributed by atoms with E-state index in [2.05, 4.69) is 10.1 Å². The maximum absolute atomic E-state index is 14.3. The van der Waals surface area contributed by atoms with E-state index >= 15 is 0 Å². The van der Waals surface area contributed by atoms with Gasteiger partial charge >= 0.3 is 6.09 Å². The van der Waals surface area contributed by atoms with E-state index in [-0.39, 0.29) is 24.1 Å². The van der Waals surface area contributed by atoms with Crippen molar-refractivity contribution >= 4 is 23.9 Å². The minimum atomic E-state index is -0.472. The van der Waals surface area contributed by atoms with Crippen LogP contribution in [0.3, 0.4) is 0 Å². The highest BCUT2D eigenvalue weighted by Gasteiger charge is 2.32. The van der Waals surface area contributed by atoms with Gasteiger partial charge in [0.15, 0.2) is 0 Å². The van der Waals surface area contributed by atoms with E-state index in [4.69, 9.17) is 10.5 Å². The molecule has 0 aliphatic carbocycles. The third-order valence-electron chi connectivity index (χ3n) is 4.24. The molecule has 156 valence electrons. The minimum absolute atomic E-state index is 0.267. The van der Waals surface area contributed by atoms with Crippen LogP contribution in [0.2, 0.25) is 0 Å². The number of benzene rings is 1. The normalized spacial score (nSPS) is 19.6. The second-order valence-corrected chi connectivity index (χ2v) is 7.55. The van der Waals surface area contributed by atoms with Crippen LogP contribution in [-0.4, -0.2) is 63.5 Å². The lowest BCUT2D eigenvalue weighted by Crippen LogP contribution is -2.43. The number of nitrogens with one attached hydrogen (secondary N) is 1. The predicted molar refractivity (Wildman–Crippen MR) is 105 cm³/mol. The number of nitrogens with two attached hydrogens (primary N) is 1. The molecule has 1 aromatic rings. The van der Waals surface area contributed by atoms with Crippen molar-refractivity contribution in [1.82, 2.24) is 5.32 Å². The summed E-state index contributed by atoms with van der Waals surface area (Å²) in [5.74, 6) is -0.321. The van der Waals surface area contributed by atoms with Crippen molar-refractivity contribution in [2.45, 2.75) is 32.5 Å². The van der Waals surface area contributed by atoms with Crippen LogP contribution in [0.4, 0.5) is 20.6 Å². The summed E-state index contributed by atoms with van der Waals surface area (Å²) in [6.45, 7) is 9.79. The average molecular weight is 396 g/mol. The summed E-state index contributed by atoms with van der Waals surface area (Å²) in [4.78, 5) is 24.8. The maximum Gasteiger partial charge on any atom is 0.414 e. The quantitative estimate of drug-likeness (QED) is 0.744. The number of rotatable bonds is 4. The van der Waals surface area contributed by atoms with Gasteiger partial charge in [-0.25, -0.2) is 9.18 Å². The monoisotopic (exact) mass is 396 g/mol. The molecule has 0 unspecified atom stereocenters. The third-order valence-corrected chi connectivity index (χ3v) is 4.24. The van der Waals surface area contributed by atoms with Gasteiger partial charge in [-0.05, 0) is 39.0 Å². The summed E-state index contributed by atoms with van der Waals surface area (Å²) in [5.41, 5.74) is 6.26. The number of anilines is 2. The molecule has 0 saturated carbocycles. The fourth-order valence-corrected chi connectivity index (χ4v) is 2.83. The van der Waals surface area contributed by atoms with Gasteiger partial charge in [0.25, 0.3) is 6.47 Å². The van der Waals surface area contributed by atoms with Gasteiger partial charge in [0.05, 0.1) is 17.9 Å². The van der Waals surface area contributed by atoms with E-state index in [1.54, 1.807) is 12.1 Å². The van der Waals surface area contributed by atoms with Crippen molar-refractivity contribution in [2.75, 3.05) is 49.1 Å². The van der Waals surface area contributed by atoms with E-state index in [1.807, 2.05) is 25.7 Å². The Morgan fingerprint density at radius 2 is 2.04 bits per heavy atom. The van der Waals surface area contributed by atoms with Crippen LogP contribution in [-0.2, 0) is 14.3 Å². The molecule has 1 amide bonds. The van der Waals surface area contributed by atoms with Crippen LogP contribution < -0.4 is 20.9 Å². The Labute approximate surface area is 164 Å². The molecule has 0 bridgehead atoms. The smallest absolute Gasteiger partial charge is 0.414 e. The van der Waals surface area contributed by atoms with Crippen LogP contribution >= 0.6 is 0 Å².